The second-order valence-corrected chi connectivity index (χ2v) is 6.92. The van der Waals surface area contributed by atoms with E-state index in [-0.39, 0.29) is 11.9 Å². The van der Waals surface area contributed by atoms with Gasteiger partial charge in [-0.1, -0.05) is 19.1 Å². The van der Waals surface area contributed by atoms with Gasteiger partial charge in [-0.3, -0.25) is 0 Å². The van der Waals surface area contributed by atoms with Crippen LogP contribution in [-0.2, 0) is 7.05 Å². The van der Waals surface area contributed by atoms with Crippen molar-refractivity contribution in [2.45, 2.75) is 12.8 Å². The Bertz CT molecular complexity index is 1250. The molecule has 1 atom stereocenters. The molecule has 0 radical (unpaired) electrons. The topological polar surface area (TPSA) is 140 Å². The van der Waals surface area contributed by atoms with Crippen LogP contribution in [0.1, 0.15) is 18.4 Å². The molecule has 10 nitrogen and oxygen atoms in total. The summed E-state index contributed by atoms with van der Waals surface area (Å²) >= 11 is 0. The fourth-order valence-corrected chi connectivity index (χ4v) is 3.52. The van der Waals surface area contributed by atoms with Gasteiger partial charge in [-0.25, -0.2) is 4.98 Å². The summed E-state index contributed by atoms with van der Waals surface area (Å²) in [5, 5.41) is 12.8. The fraction of sp³-hybridized carbons (Fsp3) is 0.211. The second-order valence-electron chi connectivity index (χ2n) is 6.92. The van der Waals surface area contributed by atoms with Crippen molar-refractivity contribution in [1.82, 2.24) is 30.2 Å². The highest BCUT2D eigenvalue weighted by atomic mass is 16.5. The number of hydrogen-bond acceptors (Lipinski definition) is 9. The van der Waals surface area contributed by atoms with E-state index in [0.717, 1.165) is 11.1 Å². The molecular weight excluding hydrogens is 372 g/mol. The van der Waals surface area contributed by atoms with Crippen molar-refractivity contribution in [2.75, 3.05) is 18.1 Å². The van der Waals surface area contributed by atoms with Crippen LogP contribution in [0.25, 0.3) is 22.3 Å². The van der Waals surface area contributed by atoms with E-state index in [4.69, 9.17) is 20.9 Å². The number of aryl methyl sites for hydroxylation is 1. The van der Waals surface area contributed by atoms with Crippen molar-refractivity contribution >= 4 is 22.7 Å². The number of benzene rings is 2. The average molecular weight is 390 g/mol. The summed E-state index contributed by atoms with van der Waals surface area (Å²) in [6.07, 6.45) is 0. The zero-order chi connectivity index (χ0) is 20.1. The van der Waals surface area contributed by atoms with Crippen molar-refractivity contribution < 1.29 is 9.47 Å². The van der Waals surface area contributed by atoms with Crippen LogP contribution in [0, 0.1) is 0 Å². The first-order valence-corrected chi connectivity index (χ1v) is 9.04. The Balaban J connectivity index is 1.62. The van der Waals surface area contributed by atoms with Crippen molar-refractivity contribution in [3.8, 4) is 28.6 Å². The maximum absolute atomic E-state index is 6.24. The first kappa shape index (κ1) is 17.2. The maximum Gasteiger partial charge on any atom is 0.222 e. The predicted molar refractivity (Wildman–Crippen MR) is 107 cm³/mol. The molecule has 0 amide bonds. The van der Waals surface area contributed by atoms with Gasteiger partial charge in [-0.05, 0) is 17.3 Å². The molecule has 10 heteroatoms. The van der Waals surface area contributed by atoms with Gasteiger partial charge in [-0.15, -0.1) is 10.2 Å². The number of nitrogen functional groups attached to an aromatic ring is 2. The van der Waals surface area contributed by atoms with E-state index in [1.807, 2.05) is 30.3 Å². The fourth-order valence-electron chi connectivity index (χ4n) is 3.52. The molecule has 4 N–H and O–H groups in total. The van der Waals surface area contributed by atoms with E-state index in [0.29, 0.717) is 46.4 Å². The SMILES string of the molecule is CC1COc2c1c(Oc1cccc(-c3nnn(C)n3)c1)cc1nc(N)nc(N)c21. The molecule has 1 aliphatic rings. The van der Waals surface area contributed by atoms with Crippen LogP contribution in [0.4, 0.5) is 11.8 Å². The number of anilines is 2. The van der Waals surface area contributed by atoms with Crippen LogP contribution in [-0.4, -0.2) is 36.8 Å². The molecule has 1 unspecified atom stereocenters. The summed E-state index contributed by atoms with van der Waals surface area (Å²) in [4.78, 5) is 9.78. The Kier molecular flexibility index (Phi) is 3.73. The van der Waals surface area contributed by atoms with Gasteiger partial charge < -0.3 is 20.9 Å². The van der Waals surface area contributed by atoms with Gasteiger partial charge in [0, 0.05) is 23.1 Å². The minimum Gasteiger partial charge on any atom is -0.492 e. The van der Waals surface area contributed by atoms with Crippen molar-refractivity contribution in [1.29, 1.82) is 0 Å². The van der Waals surface area contributed by atoms with Gasteiger partial charge in [0.2, 0.25) is 11.8 Å². The van der Waals surface area contributed by atoms with Crippen LogP contribution in [0.2, 0.25) is 0 Å². The summed E-state index contributed by atoms with van der Waals surface area (Å²) in [5.74, 6) is 2.96. The van der Waals surface area contributed by atoms with E-state index in [9.17, 15) is 0 Å². The third kappa shape index (κ3) is 2.85. The molecule has 0 fully saturated rings. The number of hydrogen-bond donors (Lipinski definition) is 2. The summed E-state index contributed by atoms with van der Waals surface area (Å²) < 4.78 is 12.2. The quantitative estimate of drug-likeness (QED) is 0.539. The highest BCUT2D eigenvalue weighted by Gasteiger charge is 2.29. The summed E-state index contributed by atoms with van der Waals surface area (Å²) in [6.45, 7) is 2.59. The van der Waals surface area contributed by atoms with Crippen molar-refractivity contribution in [3.05, 3.63) is 35.9 Å². The third-order valence-electron chi connectivity index (χ3n) is 4.79. The summed E-state index contributed by atoms with van der Waals surface area (Å²) in [5.41, 5.74) is 14.2. The monoisotopic (exact) mass is 390 g/mol. The number of fused-ring (bicyclic) bond motifs is 3. The van der Waals surface area contributed by atoms with E-state index in [1.54, 1.807) is 7.05 Å². The highest BCUT2D eigenvalue weighted by Crippen LogP contribution is 2.48. The van der Waals surface area contributed by atoms with E-state index in [2.05, 4.69) is 32.3 Å². The first-order valence-electron chi connectivity index (χ1n) is 9.04. The number of rotatable bonds is 3. The maximum atomic E-state index is 6.24. The molecule has 3 heterocycles. The minimum atomic E-state index is 0.0997. The van der Waals surface area contributed by atoms with Crippen molar-refractivity contribution in [2.24, 2.45) is 7.05 Å². The number of ether oxygens (including phenoxy) is 2. The molecule has 146 valence electrons. The normalized spacial score (nSPS) is 15.3. The lowest BCUT2D eigenvalue weighted by Gasteiger charge is -2.14. The molecule has 4 aromatic rings. The second kappa shape index (κ2) is 6.30. The van der Waals surface area contributed by atoms with Gasteiger partial charge >= 0.3 is 0 Å². The number of aromatic nitrogens is 6. The lowest BCUT2D eigenvalue weighted by Crippen LogP contribution is -2.02. The van der Waals surface area contributed by atoms with Gasteiger partial charge in [0.1, 0.15) is 23.1 Å². The Hall–Kier alpha value is -3.95. The number of tetrazole rings is 1. The Morgan fingerprint density at radius 2 is 2.07 bits per heavy atom. The van der Waals surface area contributed by atoms with Gasteiger partial charge in [-0.2, -0.15) is 9.78 Å². The Morgan fingerprint density at radius 3 is 2.86 bits per heavy atom. The minimum absolute atomic E-state index is 0.0997. The average Bonchev–Trinajstić information content (AvgIpc) is 3.28. The largest absolute Gasteiger partial charge is 0.492 e. The van der Waals surface area contributed by atoms with E-state index < -0.39 is 0 Å². The smallest absolute Gasteiger partial charge is 0.222 e. The van der Waals surface area contributed by atoms with Crippen LogP contribution in [0.3, 0.4) is 0 Å². The van der Waals surface area contributed by atoms with Gasteiger partial charge in [0.15, 0.2) is 0 Å². The van der Waals surface area contributed by atoms with Crippen LogP contribution >= 0.6 is 0 Å². The molecule has 5 rings (SSSR count). The zero-order valence-corrected chi connectivity index (χ0v) is 15.8. The predicted octanol–water partition coefficient (Wildman–Crippen LogP) is 2.27. The molecule has 1 aliphatic heterocycles. The highest BCUT2D eigenvalue weighted by molar-refractivity contribution is 5.97. The summed E-state index contributed by atoms with van der Waals surface area (Å²) in [7, 11) is 1.72. The van der Waals surface area contributed by atoms with Crippen LogP contribution in [0.15, 0.2) is 30.3 Å². The van der Waals surface area contributed by atoms with Crippen molar-refractivity contribution in [3.63, 3.8) is 0 Å². The zero-order valence-electron chi connectivity index (χ0n) is 15.8. The molecule has 0 saturated heterocycles. The molecule has 0 saturated carbocycles. The van der Waals surface area contributed by atoms with Gasteiger partial charge in [0.25, 0.3) is 0 Å². The van der Waals surface area contributed by atoms with E-state index >= 15 is 0 Å². The van der Waals surface area contributed by atoms with E-state index in [1.165, 1.54) is 4.80 Å². The number of nitrogens with two attached hydrogens (primary N) is 2. The first-order chi connectivity index (χ1) is 14.0. The molecule has 2 aromatic heterocycles. The molecule has 29 heavy (non-hydrogen) atoms. The number of nitrogens with zero attached hydrogens (tertiary/aromatic N) is 6. The third-order valence-corrected chi connectivity index (χ3v) is 4.79. The molecule has 0 bridgehead atoms. The standard InChI is InChI=1S/C19H18N8O2/c1-9-8-28-16-14(9)13(7-12-15(16)17(20)23-19(21)22-12)29-11-5-3-4-10(6-11)18-24-26-27(2)25-18/h3-7,9H,8H2,1-2H3,(H4,20,21,22,23). The van der Waals surface area contributed by atoms with Crippen LogP contribution in [0.5, 0.6) is 17.2 Å². The molecular formula is C19H18N8O2. The Labute approximate surface area is 165 Å². The lowest BCUT2D eigenvalue weighted by molar-refractivity contribution is 0.340. The molecule has 2 aromatic carbocycles. The Morgan fingerprint density at radius 1 is 1.21 bits per heavy atom. The van der Waals surface area contributed by atoms with Gasteiger partial charge in [0.05, 0.1) is 24.6 Å². The molecule has 0 spiro atoms. The summed E-state index contributed by atoms with van der Waals surface area (Å²) in [6, 6.07) is 9.31. The van der Waals surface area contributed by atoms with Crippen LogP contribution < -0.4 is 20.9 Å². The lowest BCUT2D eigenvalue weighted by atomic mass is 9.99. The molecule has 0 aliphatic carbocycles.